The average molecular weight is 331 g/mol. The van der Waals surface area contributed by atoms with Crippen molar-refractivity contribution in [2.24, 2.45) is 4.99 Å². The van der Waals surface area contributed by atoms with Gasteiger partial charge < -0.3 is 5.32 Å². The van der Waals surface area contributed by atoms with Gasteiger partial charge in [-0.05, 0) is 25.1 Å². The zero-order valence-electron chi connectivity index (χ0n) is 13.7. The Balaban J connectivity index is 2.05. The second-order valence-electron chi connectivity index (χ2n) is 5.56. The molecule has 0 radical (unpaired) electrons. The van der Waals surface area contributed by atoms with Crippen LogP contribution in [0.5, 0.6) is 0 Å². The summed E-state index contributed by atoms with van der Waals surface area (Å²) in [6.07, 6.45) is 0. The zero-order valence-corrected chi connectivity index (χ0v) is 13.7. The molecular formula is C20H17N3O2. The third-order valence-corrected chi connectivity index (χ3v) is 3.67. The maximum Gasteiger partial charge on any atom is 0.294 e. The molecule has 0 atom stereocenters. The highest BCUT2D eigenvalue weighted by atomic mass is 16.6. The van der Waals surface area contributed by atoms with E-state index in [9.17, 15) is 10.1 Å². The maximum absolute atomic E-state index is 11.3. The first-order chi connectivity index (χ1) is 12.1. The Morgan fingerprint density at radius 1 is 0.920 bits per heavy atom. The molecule has 25 heavy (non-hydrogen) atoms. The minimum Gasteiger partial charge on any atom is -0.340 e. The van der Waals surface area contributed by atoms with Crippen molar-refractivity contribution in [3.8, 4) is 0 Å². The van der Waals surface area contributed by atoms with E-state index < -0.39 is 4.92 Å². The van der Waals surface area contributed by atoms with E-state index in [0.717, 1.165) is 16.8 Å². The number of nitro benzene ring substituents is 1. The summed E-state index contributed by atoms with van der Waals surface area (Å²) in [4.78, 5) is 15.4. The number of anilines is 1. The molecule has 3 aromatic rings. The van der Waals surface area contributed by atoms with Crippen molar-refractivity contribution in [3.05, 3.63) is 100 Å². The quantitative estimate of drug-likeness (QED) is 0.313. The van der Waals surface area contributed by atoms with Crippen LogP contribution in [-0.2, 0) is 0 Å². The lowest BCUT2D eigenvalue weighted by Gasteiger charge is -2.11. The van der Waals surface area contributed by atoms with E-state index in [4.69, 9.17) is 0 Å². The summed E-state index contributed by atoms with van der Waals surface area (Å²) in [7, 11) is 0. The summed E-state index contributed by atoms with van der Waals surface area (Å²) in [5, 5.41) is 14.5. The van der Waals surface area contributed by atoms with Gasteiger partial charge in [-0.2, -0.15) is 0 Å². The van der Waals surface area contributed by atoms with Gasteiger partial charge in [0, 0.05) is 17.3 Å². The molecular weight excluding hydrogens is 314 g/mol. The number of hydrogen-bond donors (Lipinski definition) is 1. The predicted molar refractivity (Wildman–Crippen MR) is 101 cm³/mol. The zero-order chi connectivity index (χ0) is 17.6. The lowest BCUT2D eigenvalue weighted by molar-refractivity contribution is -0.384. The first kappa shape index (κ1) is 16.4. The minimum atomic E-state index is -0.423. The first-order valence-corrected chi connectivity index (χ1v) is 7.85. The van der Waals surface area contributed by atoms with E-state index in [1.54, 1.807) is 18.2 Å². The summed E-state index contributed by atoms with van der Waals surface area (Å²) in [5.41, 5.74) is 3.16. The number of hydrogen-bond acceptors (Lipinski definition) is 3. The molecule has 0 aliphatic rings. The Morgan fingerprint density at radius 3 is 2.24 bits per heavy atom. The summed E-state index contributed by atoms with van der Waals surface area (Å²) in [5.74, 6) is 0.554. The monoisotopic (exact) mass is 331 g/mol. The van der Waals surface area contributed by atoms with Gasteiger partial charge >= 0.3 is 0 Å². The number of amidine groups is 1. The van der Waals surface area contributed by atoms with Crippen molar-refractivity contribution in [3.63, 3.8) is 0 Å². The van der Waals surface area contributed by atoms with Crippen LogP contribution < -0.4 is 5.32 Å². The van der Waals surface area contributed by atoms with Crippen molar-refractivity contribution in [2.75, 3.05) is 5.32 Å². The van der Waals surface area contributed by atoms with Crippen LogP contribution in [0.3, 0.4) is 0 Å². The van der Waals surface area contributed by atoms with Crippen LogP contribution in [0.2, 0.25) is 0 Å². The molecule has 3 aromatic carbocycles. The molecule has 0 saturated heterocycles. The van der Waals surface area contributed by atoms with Crippen LogP contribution in [0.1, 0.15) is 11.1 Å². The van der Waals surface area contributed by atoms with Crippen LogP contribution in [0.4, 0.5) is 17.1 Å². The van der Waals surface area contributed by atoms with Gasteiger partial charge in [0.1, 0.15) is 11.5 Å². The van der Waals surface area contributed by atoms with E-state index in [0.29, 0.717) is 11.5 Å². The SMILES string of the molecule is Cc1ccc(NC(=Nc2ccccc2[N+](=O)[O-])c2ccccc2)cc1. The topological polar surface area (TPSA) is 67.5 Å². The van der Waals surface area contributed by atoms with Gasteiger partial charge in [-0.25, -0.2) is 4.99 Å². The molecule has 0 bridgehead atoms. The largest absolute Gasteiger partial charge is 0.340 e. The van der Waals surface area contributed by atoms with E-state index in [2.05, 4.69) is 10.3 Å². The van der Waals surface area contributed by atoms with Gasteiger partial charge in [0.25, 0.3) is 5.69 Å². The highest BCUT2D eigenvalue weighted by Crippen LogP contribution is 2.27. The van der Waals surface area contributed by atoms with Crippen LogP contribution in [0.25, 0.3) is 0 Å². The summed E-state index contributed by atoms with van der Waals surface area (Å²) in [6, 6.07) is 23.9. The number of aliphatic imine (C=N–C) groups is 1. The molecule has 5 heteroatoms. The Hall–Kier alpha value is -3.47. The number of para-hydroxylation sites is 2. The number of rotatable bonds is 4. The van der Waals surface area contributed by atoms with Crippen LogP contribution in [0.15, 0.2) is 83.9 Å². The van der Waals surface area contributed by atoms with Crippen molar-refractivity contribution in [2.45, 2.75) is 6.92 Å². The molecule has 124 valence electrons. The van der Waals surface area contributed by atoms with E-state index in [-0.39, 0.29) is 5.69 Å². The predicted octanol–water partition coefficient (Wildman–Crippen LogP) is 5.09. The number of benzene rings is 3. The fourth-order valence-electron chi connectivity index (χ4n) is 2.37. The normalized spacial score (nSPS) is 11.2. The molecule has 0 unspecified atom stereocenters. The molecule has 5 nitrogen and oxygen atoms in total. The van der Waals surface area contributed by atoms with Crippen LogP contribution in [-0.4, -0.2) is 10.8 Å². The second kappa shape index (κ2) is 7.40. The van der Waals surface area contributed by atoms with Crippen molar-refractivity contribution >= 4 is 22.9 Å². The average Bonchev–Trinajstić information content (AvgIpc) is 2.64. The molecule has 0 saturated carbocycles. The maximum atomic E-state index is 11.3. The van der Waals surface area contributed by atoms with Gasteiger partial charge in [-0.15, -0.1) is 0 Å². The molecule has 3 rings (SSSR count). The number of nitro groups is 1. The molecule has 0 aromatic heterocycles. The Bertz CT molecular complexity index is 904. The summed E-state index contributed by atoms with van der Waals surface area (Å²) >= 11 is 0. The van der Waals surface area contributed by atoms with Gasteiger partial charge in [0.05, 0.1) is 4.92 Å². The van der Waals surface area contributed by atoms with Gasteiger partial charge in [-0.1, -0.05) is 60.2 Å². The van der Waals surface area contributed by atoms with E-state index in [1.807, 2.05) is 61.5 Å². The molecule has 0 fully saturated rings. The van der Waals surface area contributed by atoms with Crippen LogP contribution >= 0.6 is 0 Å². The molecule has 0 heterocycles. The highest BCUT2D eigenvalue weighted by molar-refractivity contribution is 6.09. The van der Waals surface area contributed by atoms with E-state index >= 15 is 0 Å². The van der Waals surface area contributed by atoms with Crippen molar-refractivity contribution < 1.29 is 4.92 Å². The number of nitrogens with one attached hydrogen (secondary N) is 1. The summed E-state index contributed by atoms with van der Waals surface area (Å²) < 4.78 is 0. The van der Waals surface area contributed by atoms with Crippen LogP contribution in [0, 0.1) is 17.0 Å². The summed E-state index contributed by atoms with van der Waals surface area (Å²) in [6.45, 7) is 2.02. The molecule has 0 amide bonds. The van der Waals surface area contributed by atoms with Gasteiger partial charge in [0.2, 0.25) is 0 Å². The van der Waals surface area contributed by atoms with E-state index in [1.165, 1.54) is 6.07 Å². The first-order valence-electron chi connectivity index (χ1n) is 7.85. The van der Waals surface area contributed by atoms with Gasteiger partial charge in [-0.3, -0.25) is 10.1 Å². The van der Waals surface area contributed by atoms with Gasteiger partial charge in [0.15, 0.2) is 0 Å². The highest BCUT2D eigenvalue weighted by Gasteiger charge is 2.13. The molecule has 0 aliphatic heterocycles. The van der Waals surface area contributed by atoms with Crippen molar-refractivity contribution in [1.82, 2.24) is 0 Å². The standard InChI is InChI=1S/C20H17N3O2/c1-15-11-13-17(14-12-15)21-20(16-7-3-2-4-8-16)22-18-9-5-6-10-19(18)23(24)25/h2-14H,1H3,(H,21,22). The molecule has 0 aliphatic carbocycles. The third-order valence-electron chi connectivity index (χ3n) is 3.67. The lowest BCUT2D eigenvalue weighted by Crippen LogP contribution is -2.13. The van der Waals surface area contributed by atoms with Crippen molar-refractivity contribution in [1.29, 1.82) is 0 Å². The fourth-order valence-corrected chi connectivity index (χ4v) is 2.37. The molecule has 0 spiro atoms. The fraction of sp³-hybridized carbons (Fsp3) is 0.0500. The third kappa shape index (κ3) is 4.09. The lowest BCUT2D eigenvalue weighted by atomic mass is 10.1. The Labute approximate surface area is 145 Å². The minimum absolute atomic E-state index is 0.0263. The Morgan fingerprint density at radius 2 is 1.56 bits per heavy atom. The Kier molecular flexibility index (Phi) is 4.85. The second-order valence-corrected chi connectivity index (χ2v) is 5.56. The number of aryl methyl sites for hydroxylation is 1. The molecule has 1 N–H and O–H groups in total. The smallest absolute Gasteiger partial charge is 0.294 e. The number of nitrogens with zero attached hydrogens (tertiary/aromatic N) is 2.